The molecule has 0 heterocycles. The summed E-state index contributed by atoms with van der Waals surface area (Å²) in [4.78, 5) is 22.1. The van der Waals surface area contributed by atoms with Crippen LogP contribution in [0.25, 0.3) is 0 Å². The minimum atomic E-state index is -0.792. The lowest BCUT2D eigenvalue weighted by Gasteiger charge is -2.31. The standard InChI is InChI=1S/C12H19NO4/c1-12(2,17-11(13)16)6-8-3-4-10(15)9(5-8)7-14/h7-8,14H,3-6H2,1-2H3,(H2,13,16). The van der Waals surface area contributed by atoms with Gasteiger partial charge in [-0.25, -0.2) is 4.79 Å². The van der Waals surface area contributed by atoms with Crippen LogP contribution < -0.4 is 5.73 Å². The number of hydrogen-bond acceptors (Lipinski definition) is 4. The van der Waals surface area contributed by atoms with Crippen LogP contribution in [0.15, 0.2) is 11.8 Å². The van der Waals surface area contributed by atoms with Crippen molar-refractivity contribution in [2.24, 2.45) is 11.7 Å². The van der Waals surface area contributed by atoms with Crippen molar-refractivity contribution in [1.82, 2.24) is 0 Å². The number of nitrogens with two attached hydrogens (primary N) is 1. The second kappa shape index (κ2) is 5.21. The lowest BCUT2D eigenvalue weighted by Crippen LogP contribution is -2.34. The van der Waals surface area contributed by atoms with Crippen LogP contribution in [0.3, 0.4) is 0 Å². The normalized spacial score (nSPS) is 23.8. The first-order chi connectivity index (χ1) is 7.84. The summed E-state index contributed by atoms with van der Waals surface area (Å²) in [6, 6.07) is 0. The first kappa shape index (κ1) is 13.5. The van der Waals surface area contributed by atoms with Crippen LogP contribution in [-0.4, -0.2) is 22.6 Å². The number of aliphatic hydroxyl groups is 1. The third-order valence-corrected chi connectivity index (χ3v) is 2.96. The number of rotatable bonds is 3. The number of ether oxygens (including phenoxy) is 1. The molecular weight excluding hydrogens is 222 g/mol. The predicted molar refractivity (Wildman–Crippen MR) is 62.4 cm³/mol. The molecule has 1 atom stereocenters. The van der Waals surface area contributed by atoms with Gasteiger partial charge < -0.3 is 15.6 Å². The number of hydrogen-bond donors (Lipinski definition) is 2. The van der Waals surface area contributed by atoms with Crippen LogP contribution in [0.2, 0.25) is 0 Å². The van der Waals surface area contributed by atoms with Crippen LogP contribution in [0.5, 0.6) is 0 Å². The zero-order valence-corrected chi connectivity index (χ0v) is 10.2. The molecule has 17 heavy (non-hydrogen) atoms. The summed E-state index contributed by atoms with van der Waals surface area (Å²) in [5.41, 5.74) is 4.81. The molecule has 0 spiro atoms. The molecule has 0 radical (unpaired) electrons. The smallest absolute Gasteiger partial charge is 0.405 e. The first-order valence-corrected chi connectivity index (χ1v) is 5.69. The number of aliphatic hydroxyl groups excluding tert-OH is 1. The molecule has 0 bridgehead atoms. The van der Waals surface area contributed by atoms with Crippen molar-refractivity contribution >= 4 is 11.9 Å². The van der Waals surface area contributed by atoms with Gasteiger partial charge in [-0.15, -0.1) is 0 Å². The highest BCUT2D eigenvalue weighted by atomic mass is 16.6. The Kier molecular flexibility index (Phi) is 4.15. The molecule has 0 saturated heterocycles. The maximum absolute atomic E-state index is 11.4. The van der Waals surface area contributed by atoms with Gasteiger partial charge in [0, 0.05) is 12.0 Å². The highest BCUT2D eigenvalue weighted by molar-refractivity contribution is 5.95. The Morgan fingerprint density at radius 3 is 2.82 bits per heavy atom. The second-order valence-corrected chi connectivity index (χ2v) is 5.07. The van der Waals surface area contributed by atoms with E-state index in [9.17, 15) is 9.59 Å². The van der Waals surface area contributed by atoms with Crippen LogP contribution in [0.1, 0.15) is 39.5 Å². The van der Waals surface area contributed by atoms with Crippen molar-refractivity contribution in [3.05, 3.63) is 11.8 Å². The van der Waals surface area contributed by atoms with Crippen LogP contribution in [0.4, 0.5) is 4.79 Å². The average molecular weight is 241 g/mol. The van der Waals surface area contributed by atoms with E-state index >= 15 is 0 Å². The van der Waals surface area contributed by atoms with Crippen LogP contribution in [0, 0.1) is 5.92 Å². The fourth-order valence-corrected chi connectivity index (χ4v) is 2.33. The number of carbonyl (C=O) groups excluding carboxylic acids is 2. The molecule has 5 nitrogen and oxygen atoms in total. The lowest BCUT2D eigenvalue weighted by molar-refractivity contribution is -0.117. The maximum Gasteiger partial charge on any atom is 0.405 e. The molecule has 5 heteroatoms. The van der Waals surface area contributed by atoms with Gasteiger partial charge in [0.25, 0.3) is 0 Å². The van der Waals surface area contributed by atoms with Gasteiger partial charge in [0.15, 0.2) is 5.78 Å². The van der Waals surface area contributed by atoms with Gasteiger partial charge in [-0.3, -0.25) is 4.79 Å². The summed E-state index contributed by atoms with van der Waals surface area (Å²) >= 11 is 0. The number of carbonyl (C=O) groups is 2. The summed E-state index contributed by atoms with van der Waals surface area (Å²) < 4.78 is 5.01. The fraction of sp³-hybridized carbons (Fsp3) is 0.667. The summed E-state index contributed by atoms with van der Waals surface area (Å²) in [7, 11) is 0. The van der Waals surface area contributed by atoms with E-state index in [0.717, 1.165) is 12.7 Å². The Hall–Kier alpha value is -1.52. The Balaban J connectivity index is 2.58. The third-order valence-electron chi connectivity index (χ3n) is 2.96. The van der Waals surface area contributed by atoms with Crippen molar-refractivity contribution in [3.8, 4) is 0 Å². The van der Waals surface area contributed by atoms with Crippen molar-refractivity contribution in [1.29, 1.82) is 0 Å². The molecule has 0 aromatic carbocycles. The maximum atomic E-state index is 11.4. The third kappa shape index (κ3) is 4.09. The van der Waals surface area contributed by atoms with E-state index in [2.05, 4.69) is 0 Å². The summed E-state index contributed by atoms with van der Waals surface area (Å²) in [5.74, 6) is 0.220. The average Bonchev–Trinajstić information content (AvgIpc) is 2.18. The Morgan fingerprint density at radius 2 is 2.29 bits per heavy atom. The van der Waals surface area contributed by atoms with Gasteiger partial charge in [0.2, 0.25) is 0 Å². The molecule has 1 amide bonds. The van der Waals surface area contributed by atoms with Crippen molar-refractivity contribution in [3.63, 3.8) is 0 Å². The number of ketones is 1. The molecule has 3 N–H and O–H groups in total. The largest absolute Gasteiger partial charge is 0.515 e. The molecule has 1 rings (SSSR count). The van der Waals surface area contributed by atoms with E-state index in [-0.39, 0.29) is 11.7 Å². The molecule has 1 saturated carbocycles. The highest BCUT2D eigenvalue weighted by Gasteiger charge is 2.31. The number of primary amides is 1. The van der Waals surface area contributed by atoms with E-state index in [1.165, 1.54) is 0 Å². The van der Waals surface area contributed by atoms with Crippen molar-refractivity contribution in [2.75, 3.05) is 0 Å². The summed E-state index contributed by atoms with van der Waals surface area (Å²) in [5, 5.41) is 8.93. The molecule has 1 aliphatic carbocycles. The molecular formula is C12H19NO4. The molecule has 0 aromatic rings. The van der Waals surface area contributed by atoms with Crippen LogP contribution in [-0.2, 0) is 9.53 Å². The van der Waals surface area contributed by atoms with Gasteiger partial charge in [-0.2, -0.15) is 0 Å². The van der Waals surface area contributed by atoms with Crippen molar-refractivity contribution < 1.29 is 19.4 Å². The van der Waals surface area contributed by atoms with Gasteiger partial charge >= 0.3 is 6.09 Å². The van der Waals surface area contributed by atoms with E-state index in [1.54, 1.807) is 13.8 Å². The Morgan fingerprint density at radius 1 is 1.65 bits per heavy atom. The zero-order valence-electron chi connectivity index (χ0n) is 10.2. The second-order valence-electron chi connectivity index (χ2n) is 5.07. The molecule has 1 fully saturated rings. The number of Topliss-reactive ketones (excluding diaryl/α,β-unsaturated/α-hetero) is 1. The lowest BCUT2D eigenvalue weighted by atomic mass is 9.79. The highest BCUT2D eigenvalue weighted by Crippen LogP contribution is 2.33. The molecule has 96 valence electrons. The number of amides is 1. The molecule has 0 aromatic heterocycles. The topological polar surface area (TPSA) is 89.6 Å². The number of allylic oxidation sites excluding steroid dienone is 1. The van der Waals surface area contributed by atoms with E-state index in [4.69, 9.17) is 15.6 Å². The fourth-order valence-electron chi connectivity index (χ4n) is 2.33. The van der Waals surface area contributed by atoms with E-state index < -0.39 is 11.7 Å². The van der Waals surface area contributed by atoms with Crippen molar-refractivity contribution in [2.45, 2.75) is 45.1 Å². The minimum absolute atomic E-state index is 0.00243. The van der Waals surface area contributed by atoms with Gasteiger partial charge in [-0.05, 0) is 39.0 Å². The quantitative estimate of drug-likeness (QED) is 0.584. The molecule has 0 aliphatic heterocycles. The minimum Gasteiger partial charge on any atom is -0.515 e. The predicted octanol–water partition coefficient (Wildman–Crippen LogP) is 2.06. The van der Waals surface area contributed by atoms with Crippen LogP contribution >= 0.6 is 0 Å². The Labute approximate surface area is 101 Å². The van der Waals surface area contributed by atoms with Gasteiger partial charge in [0.05, 0.1) is 6.26 Å². The summed E-state index contributed by atoms with van der Waals surface area (Å²) in [6.07, 6.45) is 2.43. The monoisotopic (exact) mass is 241 g/mol. The SMILES string of the molecule is CC(C)(CC1CCC(=O)C(=CO)C1)OC(N)=O. The van der Waals surface area contributed by atoms with E-state index in [0.29, 0.717) is 24.8 Å². The van der Waals surface area contributed by atoms with Gasteiger partial charge in [0.1, 0.15) is 5.60 Å². The molecule has 1 unspecified atom stereocenters. The first-order valence-electron chi connectivity index (χ1n) is 5.69. The van der Waals surface area contributed by atoms with E-state index in [1.807, 2.05) is 0 Å². The molecule has 1 aliphatic rings. The zero-order chi connectivity index (χ0) is 13.1. The Bertz CT molecular complexity index is 346. The summed E-state index contributed by atoms with van der Waals surface area (Å²) in [6.45, 7) is 3.58. The van der Waals surface area contributed by atoms with Gasteiger partial charge in [-0.1, -0.05) is 0 Å².